The van der Waals surface area contributed by atoms with Crippen molar-refractivity contribution >= 4 is 17.5 Å². The minimum atomic E-state index is -0.00630. The summed E-state index contributed by atoms with van der Waals surface area (Å²) in [6, 6.07) is 9.78. The molecule has 1 saturated heterocycles. The second-order valence-electron chi connectivity index (χ2n) is 6.50. The number of fused-ring (bicyclic) bond motifs is 1. The molecular formula is C19H21N3O3. The van der Waals surface area contributed by atoms with Gasteiger partial charge in [0.05, 0.1) is 18.4 Å². The maximum atomic E-state index is 12.7. The standard InChI is InChI=1S/C19H21N3O3/c23-18(22-7-5-15-3-1-2-4-17(15)22)13-20-8-10-21(11-9-20)19(24)16-6-12-25-14-16/h1-4,6,12,14H,5,7-11,13H2. The zero-order valence-corrected chi connectivity index (χ0v) is 14.1. The van der Waals surface area contributed by atoms with Gasteiger partial charge in [0.1, 0.15) is 6.26 Å². The third-order valence-corrected chi connectivity index (χ3v) is 4.97. The van der Waals surface area contributed by atoms with Crippen LogP contribution >= 0.6 is 0 Å². The van der Waals surface area contributed by atoms with E-state index in [9.17, 15) is 9.59 Å². The molecule has 3 heterocycles. The van der Waals surface area contributed by atoms with Gasteiger partial charge >= 0.3 is 0 Å². The van der Waals surface area contributed by atoms with Crippen LogP contribution in [0.3, 0.4) is 0 Å². The van der Waals surface area contributed by atoms with E-state index in [2.05, 4.69) is 11.0 Å². The minimum absolute atomic E-state index is 0.00630. The number of piperazine rings is 1. The Labute approximate surface area is 146 Å². The minimum Gasteiger partial charge on any atom is -0.472 e. The summed E-state index contributed by atoms with van der Waals surface area (Å²) < 4.78 is 4.98. The molecule has 1 aromatic carbocycles. The molecule has 4 rings (SSSR count). The number of carbonyl (C=O) groups is 2. The van der Waals surface area contributed by atoms with E-state index >= 15 is 0 Å². The highest BCUT2D eigenvalue weighted by Crippen LogP contribution is 2.27. The normalized spacial score (nSPS) is 17.6. The van der Waals surface area contributed by atoms with Crippen LogP contribution < -0.4 is 4.90 Å². The van der Waals surface area contributed by atoms with Crippen molar-refractivity contribution in [3.8, 4) is 0 Å². The monoisotopic (exact) mass is 339 g/mol. The van der Waals surface area contributed by atoms with Crippen molar-refractivity contribution in [1.82, 2.24) is 9.80 Å². The number of rotatable bonds is 3. The summed E-state index contributed by atoms with van der Waals surface area (Å²) >= 11 is 0. The predicted octanol–water partition coefficient (Wildman–Crippen LogP) is 1.63. The summed E-state index contributed by atoms with van der Waals surface area (Å²) in [7, 11) is 0. The van der Waals surface area contributed by atoms with Crippen LogP contribution in [-0.2, 0) is 11.2 Å². The first-order valence-corrected chi connectivity index (χ1v) is 8.64. The highest BCUT2D eigenvalue weighted by molar-refractivity contribution is 5.97. The SMILES string of the molecule is O=C(c1ccoc1)N1CCN(CC(=O)N2CCc3ccccc32)CC1. The summed E-state index contributed by atoms with van der Waals surface area (Å²) in [5, 5.41) is 0. The zero-order chi connectivity index (χ0) is 17.2. The molecule has 2 aliphatic heterocycles. The molecule has 2 aliphatic rings. The van der Waals surface area contributed by atoms with Crippen LogP contribution in [-0.4, -0.2) is 60.9 Å². The fourth-order valence-corrected chi connectivity index (χ4v) is 3.55. The van der Waals surface area contributed by atoms with Gasteiger partial charge in [-0.25, -0.2) is 0 Å². The fraction of sp³-hybridized carbons (Fsp3) is 0.368. The Hall–Kier alpha value is -2.60. The summed E-state index contributed by atoms with van der Waals surface area (Å²) in [5.74, 6) is 0.132. The molecule has 6 heteroatoms. The first-order valence-electron chi connectivity index (χ1n) is 8.64. The largest absolute Gasteiger partial charge is 0.472 e. The molecule has 2 aromatic rings. The smallest absolute Gasteiger partial charge is 0.257 e. The summed E-state index contributed by atoms with van der Waals surface area (Å²) in [6.07, 6.45) is 3.91. The van der Waals surface area contributed by atoms with Crippen molar-refractivity contribution in [1.29, 1.82) is 0 Å². The van der Waals surface area contributed by atoms with Crippen molar-refractivity contribution in [2.45, 2.75) is 6.42 Å². The van der Waals surface area contributed by atoms with E-state index in [0.29, 0.717) is 38.3 Å². The van der Waals surface area contributed by atoms with Crippen molar-refractivity contribution in [2.75, 3.05) is 44.2 Å². The highest BCUT2D eigenvalue weighted by Gasteiger charge is 2.28. The molecule has 1 aromatic heterocycles. The number of hydrogen-bond acceptors (Lipinski definition) is 4. The molecule has 0 radical (unpaired) electrons. The second kappa shape index (κ2) is 6.72. The lowest BCUT2D eigenvalue weighted by Gasteiger charge is -2.34. The Morgan fingerprint density at radius 2 is 1.80 bits per heavy atom. The Bertz CT molecular complexity index is 764. The summed E-state index contributed by atoms with van der Waals surface area (Å²) in [5.41, 5.74) is 2.87. The van der Waals surface area contributed by atoms with Crippen LogP contribution in [0.1, 0.15) is 15.9 Å². The first-order chi connectivity index (χ1) is 12.2. The molecule has 0 aliphatic carbocycles. The molecule has 0 unspecified atom stereocenters. The molecule has 0 saturated carbocycles. The second-order valence-corrected chi connectivity index (χ2v) is 6.50. The average molecular weight is 339 g/mol. The molecule has 25 heavy (non-hydrogen) atoms. The van der Waals surface area contributed by atoms with E-state index in [-0.39, 0.29) is 11.8 Å². The number of benzene rings is 1. The molecule has 0 atom stereocenters. The van der Waals surface area contributed by atoms with Gasteiger partial charge in [-0.2, -0.15) is 0 Å². The quantitative estimate of drug-likeness (QED) is 0.853. The van der Waals surface area contributed by atoms with Crippen LogP contribution in [0.2, 0.25) is 0 Å². The van der Waals surface area contributed by atoms with Gasteiger partial charge in [0.25, 0.3) is 5.91 Å². The van der Waals surface area contributed by atoms with E-state index in [0.717, 1.165) is 18.7 Å². The summed E-state index contributed by atoms with van der Waals surface area (Å²) in [4.78, 5) is 30.8. The number of furan rings is 1. The molecule has 6 nitrogen and oxygen atoms in total. The molecule has 0 bridgehead atoms. The zero-order valence-electron chi connectivity index (χ0n) is 14.1. The van der Waals surface area contributed by atoms with E-state index in [1.807, 2.05) is 28.0 Å². The van der Waals surface area contributed by atoms with E-state index in [4.69, 9.17) is 4.42 Å². The Morgan fingerprint density at radius 1 is 1.00 bits per heavy atom. The maximum absolute atomic E-state index is 12.7. The highest BCUT2D eigenvalue weighted by atomic mass is 16.3. The van der Waals surface area contributed by atoms with Crippen molar-refractivity contribution in [2.24, 2.45) is 0 Å². The van der Waals surface area contributed by atoms with Crippen molar-refractivity contribution in [3.63, 3.8) is 0 Å². The number of hydrogen-bond donors (Lipinski definition) is 0. The van der Waals surface area contributed by atoms with Gasteiger partial charge in [0.15, 0.2) is 0 Å². The Morgan fingerprint density at radius 3 is 2.56 bits per heavy atom. The van der Waals surface area contributed by atoms with Crippen LogP contribution in [0.15, 0.2) is 47.3 Å². The topological polar surface area (TPSA) is 57.0 Å². The van der Waals surface area contributed by atoms with Crippen LogP contribution in [0.25, 0.3) is 0 Å². The number of anilines is 1. The van der Waals surface area contributed by atoms with Crippen LogP contribution in [0, 0.1) is 0 Å². The lowest BCUT2D eigenvalue weighted by atomic mass is 10.2. The van der Waals surface area contributed by atoms with E-state index in [1.165, 1.54) is 18.1 Å². The Kier molecular flexibility index (Phi) is 4.28. The number of nitrogens with zero attached hydrogens (tertiary/aromatic N) is 3. The van der Waals surface area contributed by atoms with Gasteiger partial charge < -0.3 is 14.2 Å². The molecule has 1 fully saturated rings. The number of amides is 2. The molecule has 130 valence electrons. The van der Waals surface area contributed by atoms with Gasteiger partial charge in [-0.1, -0.05) is 18.2 Å². The maximum Gasteiger partial charge on any atom is 0.257 e. The Balaban J connectivity index is 1.32. The predicted molar refractivity (Wildman–Crippen MR) is 93.6 cm³/mol. The third-order valence-electron chi connectivity index (χ3n) is 4.97. The van der Waals surface area contributed by atoms with Crippen LogP contribution in [0.4, 0.5) is 5.69 Å². The molecular weight excluding hydrogens is 318 g/mol. The van der Waals surface area contributed by atoms with Gasteiger partial charge in [-0.3, -0.25) is 14.5 Å². The van der Waals surface area contributed by atoms with Gasteiger partial charge in [0, 0.05) is 38.4 Å². The summed E-state index contributed by atoms with van der Waals surface area (Å²) in [6.45, 7) is 3.86. The third kappa shape index (κ3) is 3.17. The van der Waals surface area contributed by atoms with E-state index < -0.39 is 0 Å². The molecule has 0 N–H and O–H groups in total. The molecule has 2 amide bonds. The van der Waals surface area contributed by atoms with Crippen LogP contribution in [0.5, 0.6) is 0 Å². The molecule has 0 spiro atoms. The van der Waals surface area contributed by atoms with Gasteiger partial charge in [0.2, 0.25) is 5.91 Å². The fourth-order valence-electron chi connectivity index (χ4n) is 3.55. The number of carbonyl (C=O) groups excluding carboxylic acids is 2. The number of para-hydroxylation sites is 1. The van der Waals surface area contributed by atoms with Crippen molar-refractivity contribution < 1.29 is 14.0 Å². The van der Waals surface area contributed by atoms with E-state index in [1.54, 1.807) is 6.07 Å². The lowest BCUT2D eigenvalue weighted by molar-refractivity contribution is -0.120. The first kappa shape index (κ1) is 15.9. The van der Waals surface area contributed by atoms with Gasteiger partial charge in [-0.05, 0) is 24.1 Å². The van der Waals surface area contributed by atoms with Gasteiger partial charge in [-0.15, -0.1) is 0 Å². The van der Waals surface area contributed by atoms with Crippen molar-refractivity contribution in [3.05, 3.63) is 54.0 Å². The average Bonchev–Trinajstić information content (AvgIpc) is 3.31. The lowest BCUT2D eigenvalue weighted by Crippen LogP contribution is -2.51.